The van der Waals surface area contributed by atoms with Gasteiger partial charge in [-0.1, -0.05) is 52.3 Å². The lowest BCUT2D eigenvalue weighted by atomic mass is 9.66. The van der Waals surface area contributed by atoms with Crippen LogP contribution in [0, 0.1) is 35.5 Å². The number of nitrogens with two attached hydrogens (primary N) is 1. The van der Waals surface area contributed by atoms with Crippen LogP contribution < -0.4 is 16.4 Å². The number of hydrogen-bond donors (Lipinski definition) is 5. The van der Waals surface area contributed by atoms with Gasteiger partial charge in [0.1, 0.15) is 23.3 Å². The van der Waals surface area contributed by atoms with Crippen LogP contribution in [0.15, 0.2) is 30.1 Å². The first-order valence-corrected chi connectivity index (χ1v) is 23.2. The number of amides is 3. The van der Waals surface area contributed by atoms with Crippen molar-refractivity contribution in [3.63, 3.8) is 0 Å². The third-order valence-electron chi connectivity index (χ3n) is 14.7. The van der Waals surface area contributed by atoms with E-state index in [0.29, 0.717) is 48.2 Å². The minimum atomic E-state index is -0.688. The zero-order valence-corrected chi connectivity index (χ0v) is 37.3. The van der Waals surface area contributed by atoms with Crippen molar-refractivity contribution in [2.75, 3.05) is 13.1 Å². The number of aromatic amines is 2. The quantitative estimate of drug-likeness (QED) is 0.166. The number of likely N-dealkylation sites (tertiary alicyclic amines) is 2. The van der Waals surface area contributed by atoms with E-state index in [4.69, 9.17) is 20.4 Å². The predicted molar refractivity (Wildman–Crippen MR) is 232 cm³/mol. The van der Waals surface area contributed by atoms with Gasteiger partial charge in [0, 0.05) is 54.8 Å². The molecule has 8 rings (SSSR count). The van der Waals surface area contributed by atoms with Gasteiger partial charge >= 0.3 is 6.09 Å². The highest BCUT2D eigenvalue weighted by Gasteiger charge is 2.52. The smallest absolute Gasteiger partial charge is 0.408 e. The van der Waals surface area contributed by atoms with Gasteiger partial charge in [-0.05, 0) is 114 Å². The Balaban J connectivity index is 0.970. The summed E-state index contributed by atoms with van der Waals surface area (Å²) in [7, 11) is 0. The molecule has 1 saturated carbocycles. The molecule has 0 aromatic carbocycles. The molecule has 4 saturated heterocycles. The average molecular weight is 826 g/mol. The molecule has 5 fully saturated rings. The molecular formula is C47H71N9O4. The van der Waals surface area contributed by atoms with Crippen molar-refractivity contribution < 1.29 is 19.1 Å². The fourth-order valence-corrected chi connectivity index (χ4v) is 11.7. The van der Waals surface area contributed by atoms with Crippen molar-refractivity contribution in [2.24, 2.45) is 41.2 Å². The van der Waals surface area contributed by atoms with E-state index in [2.05, 4.69) is 39.7 Å². The Kier molecular flexibility index (Phi) is 12.1. The van der Waals surface area contributed by atoms with E-state index < -0.39 is 23.8 Å². The number of fused-ring (bicyclic) bond motifs is 5. The number of ether oxygens (including phenoxy) is 1. The molecule has 6 heterocycles. The van der Waals surface area contributed by atoms with Gasteiger partial charge in [0.15, 0.2) is 0 Å². The number of aromatic nitrogens is 4. The lowest BCUT2D eigenvalue weighted by Gasteiger charge is -2.38. The molecule has 60 heavy (non-hydrogen) atoms. The van der Waals surface area contributed by atoms with Crippen molar-refractivity contribution in [3.8, 4) is 0 Å². The molecule has 13 heteroatoms. The Labute approximate surface area is 356 Å². The number of H-pyrrole nitrogens is 2. The van der Waals surface area contributed by atoms with Crippen LogP contribution in [0.1, 0.15) is 161 Å². The van der Waals surface area contributed by atoms with Gasteiger partial charge < -0.3 is 40.9 Å². The highest BCUT2D eigenvalue weighted by atomic mass is 16.6. The molecule has 3 amide bonds. The Morgan fingerprint density at radius 1 is 0.800 bits per heavy atom. The van der Waals surface area contributed by atoms with E-state index in [-0.39, 0.29) is 35.7 Å². The SMILES string of the molecule is CC1CC2NC(C1)C1C(C3CCC(c4cnc(C5CCCN5C(=O)C(N)C(C)C)[nH]4)CC3)=CC=C(c3cnc(C4CCCN4C(=O)C(NC(=O)OC(C)(C)C)C(C)C)[nH]3)C21. The van der Waals surface area contributed by atoms with Gasteiger partial charge in [-0.25, -0.2) is 14.8 Å². The monoisotopic (exact) mass is 826 g/mol. The molecule has 13 nitrogen and oxygen atoms in total. The molecule has 2 aliphatic carbocycles. The summed E-state index contributed by atoms with van der Waals surface area (Å²) < 4.78 is 5.52. The molecule has 4 aliphatic heterocycles. The molecule has 0 spiro atoms. The topological polar surface area (TPSA) is 174 Å². The van der Waals surface area contributed by atoms with Crippen molar-refractivity contribution in [2.45, 2.75) is 167 Å². The standard InChI is InChI=1S/C47H71N9O4/c1-25(2)40(48)44(57)55-19-9-11-36(55)42-49-23-34(52-42)29-15-13-28(14-16-29)30-17-18-31(39-33-22-27(5)21-32(51-33)38(30)39)35-24-50-43(53-35)37-12-10-20-56(37)45(58)41(26(3)4)54-46(59)60-47(6,7)8/h17-18,23-29,32-33,36-41,51H,9-16,19-22,48H2,1-8H3,(H,49,52)(H,50,53)(H,54,59). The second-order valence-corrected chi connectivity index (χ2v) is 20.8. The fourth-order valence-electron chi connectivity index (χ4n) is 11.7. The molecule has 9 atom stereocenters. The maximum absolute atomic E-state index is 14.1. The van der Waals surface area contributed by atoms with Gasteiger partial charge in [0.2, 0.25) is 11.8 Å². The Morgan fingerprint density at radius 2 is 1.40 bits per heavy atom. The predicted octanol–water partition coefficient (Wildman–Crippen LogP) is 7.29. The van der Waals surface area contributed by atoms with Crippen LogP contribution in [-0.4, -0.2) is 90.5 Å². The first kappa shape index (κ1) is 42.7. The molecule has 2 aromatic heterocycles. The number of hydrogen-bond acceptors (Lipinski definition) is 8. The zero-order chi connectivity index (χ0) is 42.6. The van der Waals surface area contributed by atoms with E-state index in [1.54, 1.807) is 5.57 Å². The maximum atomic E-state index is 14.1. The summed E-state index contributed by atoms with van der Waals surface area (Å²) in [5.74, 6) is 4.14. The number of allylic oxidation sites excluding steroid dienone is 2. The van der Waals surface area contributed by atoms with E-state index in [0.717, 1.165) is 81.7 Å². The number of piperidine rings is 1. The summed E-state index contributed by atoms with van der Waals surface area (Å²) in [5.41, 5.74) is 10.8. The number of imidazole rings is 2. The number of nitrogens with zero attached hydrogens (tertiary/aromatic N) is 4. The van der Waals surface area contributed by atoms with Gasteiger partial charge in [0.05, 0.1) is 30.0 Å². The third-order valence-corrected chi connectivity index (χ3v) is 14.7. The van der Waals surface area contributed by atoms with Gasteiger partial charge in [-0.3, -0.25) is 9.59 Å². The molecule has 6 N–H and O–H groups in total. The second kappa shape index (κ2) is 17.1. The van der Waals surface area contributed by atoms with Crippen LogP contribution in [0.2, 0.25) is 0 Å². The van der Waals surface area contributed by atoms with Crippen molar-refractivity contribution in [1.82, 2.24) is 40.4 Å². The van der Waals surface area contributed by atoms with Crippen LogP contribution >= 0.6 is 0 Å². The van der Waals surface area contributed by atoms with Crippen LogP contribution in [0.4, 0.5) is 4.79 Å². The Morgan fingerprint density at radius 3 is 2.03 bits per heavy atom. The summed E-state index contributed by atoms with van der Waals surface area (Å²) in [4.78, 5) is 61.1. The number of carbonyl (C=O) groups excluding carboxylic acids is 3. The first-order valence-electron chi connectivity index (χ1n) is 23.2. The Bertz CT molecular complexity index is 1950. The average Bonchev–Trinajstić information content (AvgIpc) is 4.05. The summed E-state index contributed by atoms with van der Waals surface area (Å²) in [6.45, 7) is 17.2. The second-order valence-electron chi connectivity index (χ2n) is 20.8. The zero-order valence-electron chi connectivity index (χ0n) is 37.3. The molecule has 0 radical (unpaired) electrons. The number of carbonyl (C=O) groups is 3. The van der Waals surface area contributed by atoms with Gasteiger partial charge in [-0.2, -0.15) is 0 Å². The third kappa shape index (κ3) is 8.46. The minimum absolute atomic E-state index is 0.0230. The van der Waals surface area contributed by atoms with Crippen LogP contribution in [0.5, 0.6) is 0 Å². The molecular weight excluding hydrogens is 755 g/mol. The molecule has 2 aromatic rings. The van der Waals surface area contributed by atoms with Crippen molar-refractivity contribution >= 4 is 23.5 Å². The largest absolute Gasteiger partial charge is 0.444 e. The summed E-state index contributed by atoms with van der Waals surface area (Å²) in [6.07, 6.45) is 18.8. The Hall–Kier alpha value is -3.97. The van der Waals surface area contributed by atoms with E-state index >= 15 is 0 Å². The van der Waals surface area contributed by atoms with E-state index in [1.165, 1.54) is 17.7 Å². The minimum Gasteiger partial charge on any atom is -0.444 e. The molecule has 328 valence electrons. The lowest BCUT2D eigenvalue weighted by Crippen LogP contribution is -2.52. The lowest BCUT2D eigenvalue weighted by molar-refractivity contribution is -0.136. The molecule has 6 aliphatic rings. The highest BCUT2D eigenvalue weighted by molar-refractivity contribution is 5.86. The first-order chi connectivity index (χ1) is 28.6. The summed E-state index contributed by atoms with van der Waals surface area (Å²) in [5, 5.41) is 6.96. The fraction of sp³-hybridized carbons (Fsp3) is 0.723. The van der Waals surface area contributed by atoms with E-state index in [9.17, 15) is 14.4 Å². The van der Waals surface area contributed by atoms with Crippen LogP contribution in [-0.2, 0) is 14.3 Å². The highest BCUT2D eigenvalue weighted by Crippen LogP contribution is 2.54. The van der Waals surface area contributed by atoms with Gasteiger partial charge in [0.25, 0.3) is 0 Å². The van der Waals surface area contributed by atoms with Crippen molar-refractivity contribution in [1.29, 1.82) is 0 Å². The number of alkyl carbamates (subject to hydrolysis) is 1. The molecule has 2 bridgehead atoms. The van der Waals surface area contributed by atoms with Crippen LogP contribution in [0.25, 0.3) is 5.57 Å². The summed E-state index contributed by atoms with van der Waals surface area (Å²) in [6, 6.07) is -0.493. The number of nitrogens with one attached hydrogen (secondary N) is 4. The van der Waals surface area contributed by atoms with Crippen LogP contribution in [0.3, 0.4) is 0 Å². The number of rotatable bonds is 10. The van der Waals surface area contributed by atoms with E-state index in [1.807, 2.05) is 70.7 Å². The van der Waals surface area contributed by atoms with Gasteiger partial charge in [-0.15, -0.1) is 0 Å². The normalized spacial score (nSPS) is 31.6. The maximum Gasteiger partial charge on any atom is 0.408 e. The molecule has 9 unspecified atom stereocenters. The van der Waals surface area contributed by atoms with Crippen molar-refractivity contribution in [3.05, 3.63) is 53.2 Å². The summed E-state index contributed by atoms with van der Waals surface area (Å²) >= 11 is 0.